The Morgan fingerprint density at radius 2 is 1.69 bits per heavy atom. The molecule has 15 heteroatoms. The van der Waals surface area contributed by atoms with E-state index in [0.717, 1.165) is 17.7 Å². The van der Waals surface area contributed by atoms with Crippen molar-refractivity contribution in [1.29, 1.82) is 0 Å². The molecule has 0 radical (unpaired) electrons. The smallest absolute Gasteiger partial charge is 0.416 e. The second-order valence-corrected chi connectivity index (χ2v) is 8.27. The average molecular weight is 533 g/mol. The molecule has 0 aromatic heterocycles. The van der Waals surface area contributed by atoms with E-state index in [1.165, 1.54) is 24.1 Å². The summed E-state index contributed by atoms with van der Waals surface area (Å²) in [5.74, 6) is -0.0620. The van der Waals surface area contributed by atoms with Crippen LogP contribution in [-0.4, -0.2) is 52.4 Å². The highest BCUT2D eigenvalue weighted by molar-refractivity contribution is 8.13. The van der Waals surface area contributed by atoms with Crippen molar-refractivity contribution in [3.8, 4) is 5.75 Å². The molecule has 0 heterocycles. The molecule has 0 aliphatic heterocycles. The number of halogens is 3. The van der Waals surface area contributed by atoms with Crippen LogP contribution in [0.1, 0.15) is 23.7 Å². The van der Waals surface area contributed by atoms with Crippen LogP contribution in [0.2, 0.25) is 0 Å². The van der Waals surface area contributed by atoms with Crippen LogP contribution >= 0.6 is 11.8 Å². The fraction of sp³-hybridized carbons (Fsp3) is 0.381. The van der Waals surface area contributed by atoms with E-state index >= 15 is 0 Å². The molecule has 0 bridgehead atoms. The molecular formula is C21H22F3N3O8S. The zero-order chi connectivity index (χ0) is 26.7. The highest BCUT2D eigenvalue weighted by Gasteiger charge is 2.30. The van der Waals surface area contributed by atoms with Crippen LogP contribution in [0.4, 0.5) is 18.0 Å². The number of benzene rings is 2. The number of hydrogen-bond donors (Lipinski definition) is 0. The third kappa shape index (κ3) is 9.85. The van der Waals surface area contributed by atoms with Gasteiger partial charge in [0.15, 0.2) is 0 Å². The Morgan fingerprint density at radius 1 is 1.06 bits per heavy atom. The number of nitrogens with zero attached hydrogens (tertiary/aromatic N) is 3. The molecule has 0 aliphatic rings. The maximum absolute atomic E-state index is 12.8. The molecule has 2 unspecified atom stereocenters. The van der Waals surface area contributed by atoms with E-state index < -0.39 is 46.0 Å². The van der Waals surface area contributed by atoms with Crippen molar-refractivity contribution in [3.63, 3.8) is 0 Å². The summed E-state index contributed by atoms with van der Waals surface area (Å²) in [6.07, 6.45) is -6.14. The molecule has 2 rings (SSSR count). The van der Waals surface area contributed by atoms with Crippen LogP contribution in [0.5, 0.6) is 5.75 Å². The maximum atomic E-state index is 12.8. The van der Waals surface area contributed by atoms with Gasteiger partial charge in [-0.15, -0.1) is 20.2 Å². The lowest BCUT2D eigenvalue weighted by Gasteiger charge is -2.24. The summed E-state index contributed by atoms with van der Waals surface area (Å²) in [5, 5.41) is 18.1. The first kappa shape index (κ1) is 28.5. The van der Waals surface area contributed by atoms with Crippen molar-refractivity contribution in [2.24, 2.45) is 0 Å². The number of rotatable bonds is 13. The zero-order valence-electron chi connectivity index (χ0n) is 18.8. The van der Waals surface area contributed by atoms with Crippen LogP contribution in [-0.2, 0) is 15.9 Å². The van der Waals surface area contributed by atoms with Gasteiger partial charge >= 0.3 is 6.18 Å². The SMILES string of the molecule is CN(CCC(Oc1ccc(C(F)(F)F)cc1)c1ccccc1)C(=O)SCC(CO[N+](=O)[O-])O[N+](=O)[O-]. The lowest BCUT2D eigenvalue weighted by Crippen LogP contribution is -2.30. The maximum Gasteiger partial charge on any atom is 0.416 e. The minimum absolute atomic E-state index is 0.165. The van der Waals surface area contributed by atoms with E-state index in [0.29, 0.717) is 11.8 Å². The quantitative estimate of drug-likeness (QED) is 0.263. The normalized spacial score (nSPS) is 12.8. The van der Waals surface area contributed by atoms with E-state index in [2.05, 4.69) is 9.68 Å². The van der Waals surface area contributed by atoms with E-state index in [4.69, 9.17) is 4.74 Å². The molecular weight excluding hydrogens is 511 g/mol. The van der Waals surface area contributed by atoms with Gasteiger partial charge in [0.2, 0.25) is 0 Å². The molecule has 0 N–H and O–H groups in total. The van der Waals surface area contributed by atoms with Gasteiger partial charge in [0.25, 0.3) is 15.4 Å². The first-order valence-electron chi connectivity index (χ1n) is 10.3. The van der Waals surface area contributed by atoms with Gasteiger partial charge in [0.1, 0.15) is 24.6 Å². The van der Waals surface area contributed by atoms with Gasteiger partial charge in [-0.1, -0.05) is 42.1 Å². The summed E-state index contributed by atoms with van der Waals surface area (Å²) >= 11 is 0.649. The van der Waals surface area contributed by atoms with Crippen molar-refractivity contribution in [3.05, 3.63) is 86.0 Å². The van der Waals surface area contributed by atoms with E-state index in [-0.39, 0.29) is 24.5 Å². The van der Waals surface area contributed by atoms with Gasteiger partial charge in [0.05, 0.1) is 5.56 Å². The van der Waals surface area contributed by atoms with Crippen molar-refractivity contribution < 1.29 is 42.6 Å². The largest absolute Gasteiger partial charge is 0.486 e. The molecule has 1 amide bonds. The number of carbonyl (C=O) groups is 1. The van der Waals surface area contributed by atoms with Gasteiger partial charge < -0.3 is 19.3 Å². The van der Waals surface area contributed by atoms with Gasteiger partial charge in [-0.3, -0.25) is 4.79 Å². The monoisotopic (exact) mass is 533 g/mol. The number of alkyl halides is 3. The van der Waals surface area contributed by atoms with Crippen LogP contribution in [0.3, 0.4) is 0 Å². The minimum Gasteiger partial charge on any atom is -0.486 e. The van der Waals surface area contributed by atoms with Gasteiger partial charge in [-0.25, -0.2) is 0 Å². The summed E-state index contributed by atoms with van der Waals surface area (Å²) in [4.78, 5) is 43.0. The third-order valence-corrected chi connectivity index (χ3v) is 5.76. The summed E-state index contributed by atoms with van der Waals surface area (Å²) in [5.41, 5.74) is -0.0706. The first-order valence-corrected chi connectivity index (χ1v) is 11.3. The number of ether oxygens (including phenoxy) is 1. The molecule has 0 saturated carbocycles. The molecule has 196 valence electrons. The van der Waals surface area contributed by atoms with Crippen molar-refractivity contribution >= 4 is 17.0 Å². The van der Waals surface area contributed by atoms with Crippen LogP contribution in [0.25, 0.3) is 0 Å². The zero-order valence-corrected chi connectivity index (χ0v) is 19.6. The van der Waals surface area contributed by atoms with Crippen LogP contribution in [0.15, 0.2) is 54.6 Å². The molecule has 0 spiro atoms. The predicted octanol–water partition coefficient (Wildman–Crippen LogP) is 4.79. The molecule has 0 fully saturated rings. The summed E-state index contributed by atoms with van der Waals surface area (Å²) in [6, 6.07) is 13.1. The number of carbonyl (C=O) groups excluding carboxylic acids is 1. The number of hydrogen-bond acceptors (Lipinski definition) is 9. The van der Waals surface area contributed by atoms with Gasteiger partial charge in [-0.05, 0) is 29.8 Å². The Hall–Kier alpha value is -3.75. The second-order valence-electron chi connectivity index (χ2n) is 7.30. The van der Waals surface area contributed by atoms with E-state index in [9.17, 15) is 38.2 Å². The number of thioether (sulfide) groups is 1. The highest BCUT2D eigenvalue weighted by Crippen LogP contribution is 2.32. The van der Waals surface area contributed by atoms with Crippen molar-refractivity contribution in [2.45, 2.75) is 24.8 Å². The minimum atomic E-state index is -4.47. The third-order valence-electron chi connectivity index (χ3n) is 4.66. The Kier molecular flexibility index (Phi) is 10.6. The average Bonchev–Trinajstić information content (AvgIpc) is 2.82. The Balaban J connectivity index is 1.99. The molecule has 2 aromatic rings. The number of amides is 1. The van der Waals surface area contributed by atoms with Crippen molar-refractivity contribution in [2.75, 3.05) is 26.0 Å². The Labute approximate surface area is 207 Å². The summed E-state index contributed by atoms with van der Waals surface area (Å²) in [6.45, 7) is -0.562. The fourth-order valence-electron chi connectivity index (χ4n) is 2.90. The standard InChI is InChI=1S/C21H22F3N3O8S/c1-25(20(28)36-14-18(35-27(31)32)13-33-26(29)30)12-11-19(15-5-3-2-4-6-15)34-17-9-7-16(8-10-17)21(22,23)24/h2-10,18-19H,11-14H2,1H3. The van der Waals surface area contributed by atoms with E-state index in [1.807, 2.05) is 0 Å². The lowest BCUT2D eigenvalue weighted by atomic mass is 10.1. The predicted molar refractivity (Wildman–Crippen MR) is 121 cm³/mol. The van der Waals surface area contributed by atoms with Crippen molar-refractivity contribution in [1.82, 2.24) is 4.90 Å². The van der Waals surface area contributed by atoms with Crippen LogP contribution < -0.4 is 4.74 Å². The Bertz CT molecular complexity index is 1010. The lowest BCUT2D eigenvalue weighted by molar-refractivity contribution is -0.788. The second kappa shape index (κ2) is 13.4. The summed E-state index contributed by atoms with van der Waals surface area (Å²) < 4.78 is 44.4. The molecule has 11 nitrogen and oxygen atoms in total. The first-order chi connectivity index (χ1) is 17.0. The van der Waals surface area contributed by atoms with Gasteiger partial charge in [0, 0.05) is 25.8 Å². The molecule has 0 saturated heterocycles. The highest BCUT2D eigenvalue weighted by atomic mass is 32.2. The molecule has 0 aliphatic carbocycles. The Morgan fingerprint density at radius 3 is 2.25 bits per heavy atom. The molecule has 36 heavy (non-hydrogen) atoms. The van der Waals surface area contributed by atoms with Gasteiger partial charge in [-0.2, -0.15) is 13.2 Å². The fourth-order valence-corrected chi connectivity index (χ4v) is 3.70. The molecule has 2 aromatic carbocycles. The summed E-state index contributed by atoms with van der Waals surface area (Å²) in [7, 11) is 1.48. The van der Waals surface area contributed by atoms with Crippen LogP contribution in [0, 0.1) is 20.2 Å². The topological polar surface area (TPSA) is 134 Å². The molecule has 2 atom stereocenters. The van der Waals surface area contributed by atoms with E-state index in [1.54, 1.807) is 30.3 Å².